The summed E-state index contributed by atoms with van der Waals surface area (Å²) in [7, 11) is 0. The van der Waals surface area contributed by atoms with E-state index >= 15 is 0 Å². The van der Waals surface area contributed by atoms with Crippen molar-refractivity contribution in [1.82, 2.24) is 4.90 Å². The van der Waals surface area contributed by atoms with Gasteiger partial charge in [-0.1, -0.05) is 20.8 Å². The van der Waals surface area contributed by atoms with Gasteiger partial charge < -0.3 is 16.2 Å². The fourth-order valence-corrected chi connectivity index (χ4v) is 2.30. The average Bonchev–Trinajstić information content (AvgIpc) is 2.40. The Bertz CT molecular complexity index is 418. The summed E-state index contributed by atoms with van der Waals surface area (Å²) < 4.78 is 0. The number of likely N-dealkylation sites (N-methyl/N-ethyl adjacent to an activating group) is 1. The Balaban J connectivity index is 2.80. The van der Waals surface area contributed by atoms with Crippen molar-refractivity contribution in [2.45, 2.75) is 26.8 Å². The second-order valence-corrected chi connectivity index (χ2v) is 5.15. The lowest BCUT2D eigenvalue weighted by atomic mass is 10.0. The number of hydrogen-bond donors (Lipinski definition) is 3. The molecule has 5 nitrogen and oxygen atoms in total. The van der Waals surface area contributed by atoms with E-state index in [2.05, 4.69) is 5.32 Å². The highest BCUT2D eigenvalue weighted by Crippen LogP contribution is 2.15. The quantitative estimate of drug-likeness (QED) is 0.662. The molecule has 1 aromatic rings. The van der Waals surface area contributed by atoms with E-state index in [1.165, 1.54) is 0 Å². The van der Waals surface area contributed by atoms with Gasteiger partial charge in [0.15, 0.2) is 0 Å². The molecule has 4 N–H and O–H groups in total. The number of hydrogen-bond acceptors (Lipinski definition) is 4. The normalized spacial score (nSPS) is 12.7. The van der Waals surface area contributed by atoms with Crippen LogP contribution in [0.5, 0.6) is 0 Å². The van der Waals surface area contributed by atoms with Crippen LogP contribution in [0, 0.1) is 5.92 Å². The maximum absolute atomic E-state index is 12.4. The van der Waals surface area contributed by atoms with Gasteiger partial charge in [0.05, 0.1) is 12.6 Å². The largest absolute Gasteiger partial charge is 0.399 e. The third-order valence-electron chi connectivity index (χ3n) is 3.27. The van der Waals surface area contributed by atoms with Crippen LogP contribution in [0.25, 0.3) is 0 Å². The first-order valence-electron chi connectivity index (χ1n) is 7.00. The lowest BCUT2D eigenvalue weighted by Gasteiger charge is -2.32. The predicted molar refractivity (Wildman–Crippen MR) is 82.4 cm³/mol. The molecule has 0 bridgehead atoms. The van der Waals surface area contributed by atoms with Crippen molar-refractivity contribution in [1.29, 1.82) is 0 Å². The molecule has 0 heterocycles. The lowest BCUT2D eigenvalue weighted by molar-refractivity contribution is -0.123. The zero-order valence-electron chi connectivity index (χ0n) is 12.5. The Morgan fingerprint density at radius 1 is 1.35 bits per heavy atom. The Kier molecular flexibility index (Phi) is 6.48. The molecule has 1 amide bonds. The van der Waals surface area contributed by atoms with E-state index in [9.17, 15) is 4.79 Å². The standard InChI is InChI=1S/C15H25N3O2/c1-4-18(9-10-19)14(11(2)3)15(20)17-13-7-5-12(16)6-8-13/h5-8,11,14,19H,4,9-10,16H2,1-3H3,(H,17,20). The van der Waals surface area contributed by atoms with Gasteiger partial charge in [-0.05, 0) is 36.7 Å². The highest BCUT2D eigenvalue weighted by atomic mass is 16.3. The van der Waals surface area contributed by atoms with E-state index < -0.39 is 0 Å². The van der Waals surface area contributed by atoms with Crippen molar-refractivity contribution in [3.63, 3.8) is 0 Å². The second kappa shape index (κ2) is 7.87. The zero-order valence-corrected chi connectivity index (χ0v) is 12.5. The number of carbonyl (C=O) groups excluding carboxylic acids is 1. The Morgan fingerprint density at radius 2 is 1.95 bits per heavy atom. The lowest BCUT2D eigenvalue weighted by Crippen LogP contribution is -2.48. The molecule has 0 aliphatic carbocycles. The van der Waals surface area contributed by atoms with Gasteiger partial charge in [0.25, 0.3) is 0 Å². The summed E-state index contributed by atoms with van der Waals surface area (Å²) in [4.78, 5) is 14.4. The number of carbonyl (C=O) groups is 1. The summed E-state index contributed by atoms with van der Waals surface area (Å²) in [5, 5.41) is 12.0. The summed E-state index contributed by atoms with van der Waals surface area (Å²) in [6.07, 6.45) is 0. The van der Waals surface area contributed by atoms with Crippen LogP contribution in [0.3, 0.4) is 0 Å². The molecule has 0 aliphatic rings. The Labute approximate surface area is 120 Å². The van der Waals surface area contributed by atoms with E-state index in [0.29, 0.717) is 12.2 Å². The van der Waals surface area contributed by atoms with Crippen LogP contribution < -0.4 is 11.1 Å². The number of nitrogens with two attached hydrogens (primary N) is 1. The van der Waals surface area contributed by atoms with E-state index in [-0.39, 0.29) is 24.5 Å². The van der Waals surface area contributed by atoms with Crippen molar-refractivity contribution < 1.29 is 9.90 Å². The highest BCUT2D eigenvalue weighted by Gasteiger charge is 2.27. The molecule has 0 aromatic heterocycles. The first-order valence-corrected chi connectivity index (χ1v) is 7.00. The number of aliphatic hydroxyl groups excluding tert-OH is 1. The van der Waals surface area contributed by atoms with Gasteiger partial charge in [-0.15, -0.1) is 0 Å². The number of amides is 1. The Hall–Kier alpha value is -1.59. The van der Waals surface area contributed by atoms with E-state index in [0.717, 1.165) is 12.2 Å². The molecule has 0 fully saturated rings. The summed E-state index contributed by atoms with van der Waals surface area (Å²) in [5.41, 5.74) is 7.02. The average molecular weight is 279 g/mol. The van der Waals surface area contributed by atoms with Crippen LogP contribution in [0.4, 0.5) is 11.4 Å². The topological polar surface area (TPSA) is 78.6 Å². The fourth-order valence-electron chi connectivity index (χ4n) is 2.30. The van der Waals surface area contributed by atoms with Gasteiger partial charge in [0.1, 0.15) is 0 Å². The second-order valence-electron chi connectivity index (χ2n) is 5.15. The van der Waals surface area contributed by atoms with Crippen molar-refractivity contribution in [3.05, 3.63) is 24.3 Å². The number of nitrogen functional groups attached to an aromatic ring is 1. The smallest absolute Gasteiger partial charge is 0.241 e. The molecule has 112 valence electrons. The molecule has 1 unspecified atom stereocenters. The predicted octanol–water partition coefficient (Wildman–Crippen LogP) is 1.55. The first kappa shape index (κ1) is 16.5. The Morgan fingerprint density at radius 3 is 2.40 bits per heavy atom. The van der Waals surface area contributed by atoms with Crippen LogP contribution >= 0.6 is 0 Å². The summed E-state index contributed by atoms with van der Waals surface area (Å²) in [6.45, 7) is 7.27. The monoisotopic (exact) mass is 279 g/mol. The molecule has 0 saturated carbocycles. The molecule has 0 spiro atoms. The molecule has 0 radical (unpaired) electrons. The molecule has 0 aliphatic heterocycles. The summed E-state index contributed by atoms with van der Waals surface area (Å²) in [5.74, 6) is 0.107. The van der Waals surface area contributed by atoms with Crippen molar-refractivity contribution in [2.24, 2.45) is 5.92 Å². The minimum absolute atomic E-state index is 0.0478. The summed E-state index contributed by atoms with van der Waals surface area (Å²) in [6, 6.07) is 6.82. The SMILES string of the molecule is CCN(CCO)C(C(=O)Nc1ccc(N)cc1)C(C)C. The number of nitrogens with one attached hydrogen (secondary N) is 1. The van der Waals surface area contributed by atoms with Crippen LogP contribution in [-0.4, -0.2) is 41.7 Å². The maximum Gasteiger partial charge on any atom is 0.241 e. The van der Waals surface area contributed by atoms with E-state index in [4.69, 9.17) is 10.8 Å². The molecule has 1 aromatic carbocycles. The molecular formula is C15H25N3O2. The molecule has 1 rings (SSSR count). The van der Waals surface area contributed by atoms with Crippen LogP contribution in [0.1, 0.15) is 20.8 Å². The third kappa shape index (κ3) is 4.51. The van der Waals surface area contributed by atoms with Crippen LogP contribution in [0.15, 0.2) is 24.3 Å². The van der Waals surface area contributed by atoms with Gasteiger partial charge in [-0.25, -0.2) is 0 Å². The van der Waals surface area contributed by atoms with Gasteiger partial charge in [-0.2, -0.15) is 0 Å². The number of rotatable bonds is 7. The number of anilines is 2. The molecule has 5 heteroatoms. The number of nitrogens with zero attached hydrogens (tertiary/aromatic N) is 1. The van der Waals surface area contributed by atoms with Crippen molar-refractivity contribution in [3.8, 4) is 0 Å². The maximum atomic E-state index is 12.4. The van der Waals surface area contributed by atoms with Gasteiger partial charge in [0.2, 0.25) is 5.91 Å². The summed E-state index contributed by atoms with van der Waals surface area (Å²) >= 11 is 0. The van der Waals surface area contributed by atoms with Gasteiger partial charge in [0, 0.05) is 17.9 Å². The molecule has 20 heavy (non-hydrogen) atoms. The third-order valence-corrected chi connectivity index (χ3v) is 3.27. The van der Waals surface area contributed by atoms with E-state index in [1.807, 2.05) is 25.7 Å². The number of aliphatic hydroxyl groups is 1. The van der Waals surface area contributed by atoms with Gasteiger partial charge >= 0.3 is 0 Å². The van der Waals surface area contributed by atoms with E-state index in [1.54, 1.807) is 24.3 Å². The highest BCUT2D eigenvalue weighted by molar-refractivity contribution is 5.95. The van der Waals surface area contributed by atoms with Crippen LogP contribution in [-0.2, 0) is 4.79 Å². The number of benzene rings is 1. The molecule has 1 atom stereocenters. The molecular weight excluding hydrogens is 254 g/mol. The molecule has 0 saturated heterocycles. The zero-order chi connectivity index (χ0) is 15.1. The first-order chi connectivity index (χ1) is 9.49. The fraction of sp³-hybridized carbons (Fsp3) is 0.533. The minimum atomic E-state index is -0.260. The van der Waals surface area contributed by atoms with Gasteiger partial charge in [-0.3, -0.25) is 9.69 Å². The van der Waals surface area contributed by atoms with Crippen molar-refractivity contribution in [2.75, 3.05) is 30.7 Å². The minimum Gasteiger partial charge on any atom is -0.399 e. The van der Waals surface area contributed by atoms with Crippen molar-refractivity contribution >= 4 is 17.3 Å². The van der Waals surface area contributed by atoms with Crippen LogP contribution in [0.2, 0.25) is 0 Å².